The van der Waals surface area contributed by atoms with Gasteiger partial charge in [0.05, 0.1) is 7.11 Å². The first-order valence-electron chi connectivity index (χ1n) is 5.83. The first-order chi connectivity index (χ1) is 7.74. The molecule has 2 N–H and O–H groups in total. The van der Waals surface area contributed by atoms with Crippen molar-refractivity contribution in [3.63, 3.8) is 0 Å². The fourth-order valence-corrected chi connectivity index (χ4v) is 1.93. The normalized spacial score (nSPS) is 16.6. The van der Waals surface area contributed by atoms with Crippen LogP contribution in [0.1, 0.15) is 32.1 Å². The van der Waals surface area contributed by atoms with Crippen molar-refractivity contribution < 1.29 is 14.3 Å². The van der Waals surface area contributed by atoms with Crippen LogP contribution in [0.2, 0.25) is 0 Å². The van der Waals surface area contributed by atoms with Crippen LogP contribution in [-0.4, -0.2) is 32.2 Å². The third-order valence-electron chi connectivity index (χ3n) is 2.85. The highest BCUT2D eigenvalue weighted by molar-refractivity contribution is 5.78. The molecule has 2 amide bonds. The highest BCUT2D eigenvalue weighted by atomic mass is 16.5. The summed E-state index contributed by atoms with van der Waals surface area (Å²) in [6.45, 7) is 0.871. The molecule has 0 aromatic heterocycles. The molecule has 1 rings (SSSR count). The Morgan fingerprint density at radius 1 is 1.12 bits per heavy atom. The predicted molar refractivity (Wildman–Crippen MR) is 60.0 cm³/mol. The minimum Gasteiger partial charge on any atom is -0.453 e. The summed E-state index contributed by atoms with van der Waals surface area (Å²) < 4.78 is 4.41. The van der Waals surface area contributed by atoms with Gasteiger partial charge in [-0.2, -0.15) is 0 Å². The molecule has 1 fully saturated rings. The van der Waals surface area contributed by atoms with Crippen LogP contribution in [0.3, 0.4) is 0 Å². The number of hydrogen-bond acceptors (Lipinski definition) is 3. The number of alkyl carbamates (subject to hydrolysis) is 1. The van der Waals surface area contributed by atoms with Crippen LogP contribution >= 0.6 is 0 Å². The smallest absolute Gasteiger partial charge is 0.406 e. The fourth-order valence-electron chi connectivity index (χ4n) is 1.93. The van der Waals surface area contributed by atoms with Crippen LogP contribution < -0.4 is 10.6 Å². The monoisotopic (exact) mass is 228 g/mol. The minimum absolute atomic E-state index is 0.117. The molecule has 92 valence electrons. The summed E-state index contributed by atoms with van der Waals surface area (Å²) in [5, 5.41) is 5.34. The van der Waals surface area contributed by atoms with E-state index in [0.717, 1.165) is 25.7 Å². The maximum atomic E-state index is 11.7. The number of amides is 2. The van der Waals surface area contributed by atoms with Crippen LogP contribution in [0.4, 0.5) is 4.79 Å². The second-order valence-electron chi connectivity index (χ2n) is 4.04. The lowest BCUT2D eigenvalue weighted by Crippen LogP contribution is -2.38. The zero-order valence-corrected chi connectivity index (χ0v) is 9.75. The van der Waals surface area contributed by atoms with Crippen LogP contribution in [0.15, 0.2) is 0 Å². The Morgan fingerprint density at radius 2 is 1.75 bits per heavy atom. The van der Waals surface area contributed by atoms with Gasteiger partial charge in [-0.15, -0.1) is 0 Å². The standard InChI is InChI=1S/C11H20N2O3/c1-16-11(15)13-8-7-12-10(14)9-5-3-2-4-6-9/h9H,2-8H2,1H3,(H,12,14)(H,13,15). The minimum atomic E-state index is -0.466. The molecule has 5 nitrogen and oxygen atoms in total. The Kier molecular flexibility index (Phi) is 5.67. The topological polar surface area (TPSA) is 67.4 Å². The summed E-state index contributed by atoms with van der Waals surface area (Å²) in [6, 6.07) is 0. The van der Waals surface area contributed by atoms with E-state index in [1.807, 2.05) is 0 Å². The maximum absolute atomic E-state index is 11.7. The third kappa shape index (κ3) is 4.51. The van der Waals surface area contributed by atoms with Crippen LogP contribution in [-0.2, 0) is 9.53 Å². The van der Waals surface area contributed by atoms with Gasteiger partial charge in [-0.05, 0) is 12.8 Å². The van der Waals surface area contributed by atoms with Gasteiger partial charge in [-0.3, -0.25) is 4.79 Å². The van der Waals surface area contributed by atoms with Crippen molar-refractivity contribution in [3.05, 3.63) is 0 Å². The van der Waals surface area contributed by atoms with Crippen molar-refractivity contribution in [2.45, 2.75) is 32.1 Å². The lowest BCUT2D eigenvalue weighted by Gasteiger charge is -2.20. The molecule has 1 aliphatic carbocycles. The van der Waals surface area contributed by atoms with Crippen molar-refractivity contribution in [3.8, 4) is 0 Å². The summed E-state index contributed by atoms with van der Waals surface area (Å²) >= 11 is 0. The van der Waals surface area contributed by atoms with Crippen molar-refractivity contribution in [2.24, 2.45) is 5.92 Å². The highest BCUT2D eigenvalue weighted by Gasteiger charge is 2.20. The van der Waals surface area contributed by atoms with E-state index in [4.69, 9.17) is 0 Å². The molecule has 1 aliphatic rings. The Hall–Kier alpha value is -1.26. The van der Waals surface area contributed by atoms with E-state index >= 15 is 0 Å². The van der Waals surface area contributed by atoms with Crippen LogP contribution in [0.5, 0.6) is 0 Å². The van der Waals surface area contributed by atoms with Gasteiger partial charge in [-0.25, -0.2) is 4.79 Å². The van der Waals surface area contributed by atoms with Gasteiger partial charge < -0.3 is 15.4 Å². The lowest BCUT2D eigenvalue weighted by atomic mass is 9.89. The molecule has 5 heteroatoms. The molecule has 0 aromatic rings. The van der Waals surface area contributed by atoms with Crippen molar-refractivity contribution in [1.29, 1.82) is 0 Å². The molecule has 0 heterocycles. The van der Waals surface area contributed by atoms with Crippen LogP contribution in [0.25, 0.3) is 0 Å². The van der Waals surface area contributed by atoms with Crippen LogP contribution in [0, 0.1) is 5.92 Å². The van der Waals surface area contributed by atoms with Crippen molar-refractivity contribution >= 4 is 12.0 Å². The summed E-state index contributed by atoms with van der Waals surface area (Å²) in [5.41, 5.74) is 0. The number of hydrogen-bond donors (Lipinski definition) is 2. The Morgan fingerprint density at radius 3 is 2.38 bits per heavy atom. The largest absolute Gasteiger partial charge is 0.453 e. The van der Waals surface area contributed by atoms with E-state index < -0.39 is 6.09 Å². The molecule has 16 heavy (non-hydrogen) atoms. The third-order valence-corrected chi connectivity index (χ3v) is 2.85. The van der Waals surface area contributed by atoms with Gasteiger partial charge in [0, 0.05) is 19.0 Å². The van der Waals surface area contributed by atoms with E-state index in [9.17, 15) is 9.59 Å². The molecule has 1 saturated carbocycles. The van der Waals surface area contributed by atoms with Gasteiger partial charge in [0.25, 0.3) is 0 Å². The predicted octanol–water partition coefficient (Wildman–Crippen LogP) is 1.04. The first kappa shape index (κ1) is 12.8. The number of methoxy groups -OCH3 is 1. The summed E-state index contributed by atoms with van der Waals surface area (Å²) in [5.74, 6) is 0.290. The molecule has 0 spiro atoms. The Labute approximate surface area is 95.9 Å². The van der Waals surface area contributed by atoms with Gasteiger partial charge >= 0.3 is 6.09 Å². The molecule has 0 bridgehead atoms. The van der Waals surface area contributed by atoms with Gasteiger partial charge in [-0.1, -0.05) is 19.3 Å². The molecule has 0 atom stereocenters. The molecular formula is C11H20N2O3. The van der Waals surface area contributed by atoms with Crippen molar-refractivity contribution in [1.82, 2.24) is 10.6 Å². The van der Waals surface area contributed by atoms with E-state index in [2.05, 4.69) is 15.4 Å². The molecule has 0 aromatic carbocycles. The van der Waals surface area contributed by atoms with Gasteiger partial charge in [0.1, 0.15) is 0 Å². The first-order valence-corrected chi connectivity index (χ1v) is 5.83. The highest BCUT2D eigenvalue weighted by Crippen LogP contribution is 2.23. The number of carbonyl (C=O) groups is 2. The summed E-state index contributed by atoms with van der Waals surface area (Å²) in [6.07, 6.45) is 5.07. The SMILES string of the molecule is COC(=O)NCCNC(=O)C1CCCCC1. The zero-order chi connectivity index (χ0) is 11.8. The quantitative estimate of drug-likeness (QED) is 0.706. The van der Waals surface area contributed by atoms with Gasteiger partial charge in [0.15, 0.2) is 0 Å². The molecule has 0 aliphatic heterocycles. The second-order valence-corrected chi connectivity index (χ2v) is 4.04. The van der Waals surface area contributed by atoms with E-state index in [1.165, 1.54) is 13.5 Å². The molecule has 0 radical (unpaired) electrons. The zero-order valence-electron chi connectivity index (χ0n) is 9.75. The number of ether oxygens (including phenoxy) is 1. The maximum Gasteiger partial charge on any atom is 0.406 e. The van der Waals surface area contributed by atoms with Crippen molar-refractivity contribution in [2.75, 3.05) is 20.2 Å². The number of nitrogens with one attached hydrogen (secondary N) is 2. The molecule has 0 saturated heterocycles. The van der Waals surface area contributed by atoms with E-state index in [0.29, 0.717) is 13.1 Å². The fraction of sp³-hybridized carbons (Fsp3) is 0.818. The average molecular weight is 228 g/mol. The molecular weight excluding hydrogens is 208 g/mol. The number of rotatable bonds is 4. The Bertz CT molecular complexity index is 237. The number of carbonyl (C=O) groups excluding carboxylic acids is 2. The summed E-state index contributed by atoms with van der Waals surface area (Å²) in [4.78, 5) is 22.4. The Balaban J connectivity index is 2.07. The average Bonchev–Trinajstić information content (AvgIpc) is 2.35. The lowest BCUT2D eigenvalue weighted by molar-refractivity contribution is -0.125. The van der Waals surface area contributed by atoms with Gasteiger partial charge in [0.2, 0.25) is 5.91 Å². The summed E-state index contributed by atoms with van der Waals surface area (Å²) in [7, 11) is 1.32. The molecule has 0 unspecified atom stereocenters. The second kappa shape index (κ2) is 7.09. The van der Waals surface area contributed by atoms with E-state index in [1.54, 1.807) is 0 Å². The van der Waals surface area contributed by atoms with E-state index in [-0.39, 0.29) is 11.8 Å².